The highest BCUT2D eigenvalue weighted by Crippen LogP contribution is 2.29. The highest BCUT2D eigenvalue weighted by atomic mass is 79.9. The van der Waals surface area contributed by atoms with Crippen LogP contribution < -0.4 is 5.32 Å². The Kier molecular flexibility index (Phi) is 3.86. The number of fused-ring (bicyclic) bond motifs is 1. The molecule has 1 N–H and O–H groups in total. The van der Waals surface area contributed by atoms with Crippen LogP contribution in [0.3, 0.4) is 0 Å². The summed E-state index contributed by atoms with van der Waals surface area (Å²) in [5, 5.41) is 13.9. The lowest BCUT2D eigenvalue weighted by Gasteiger charge is -2.01. The normalized spacial score (nSPS) is 10.6. The zero-order valence-corrected chi connectivity index (χ0v) is 13.3. The monoisotopic (exact) mass is 377 g/mol. The molecule has 0 saturated heterocycles. The molecule has 1 heterocycles. The van der Waals surface area contributed by atoms with E-state index >= 15 is 0 Å². The third-order valence-corrected chi connectivity index (χ3v) is 4.33. The summed E-state index contributed by atoms with van der Waals surface area (Å²) in [5.41, 5.74) is 0.964. The van der Waals surface area contributed by atoms with Crippen molar-refractivity contribution in [3.8, 4) is 0 Å². The Morgan fingerprint density at radius 3 is 2.82 bits per heavy atom. The van der Waals surface area contributed by atoms with Gasteiger partial charge in [0.15, 0.2) is 5.13 Å². The Morgan fingerprint density at radius 1 is 1.27 bits per heavy atom. The number of halogens is 1. The van der Waals surface area contributed by atoms with E-state index in [0.29, 0.717) is 16.2 Å². The van der Waals surface area contributed by atoms with Gasteiger partial charge in [-0.3, -0.25) is 20.2 Å². The highest BCUT2D eigenvalue weighted by molar-refractivity contribution is 9.10. The minimum Gasteiger partial charge on any atom is -0.298 e. The molecule has 0 spiro atoms. The molecule has 22 heavy (non-hydrogen) atoms. The predicted molar refractivity (Wildman–Crippen MR) is 88.4 cm³/mol. The van der Waals surface area contributed by atoms with Crippen molar-refractivity contribution in [2.24, 2.45) is 0 Å². The summed E-state index contributed by atoms with van der Waals surface area (Å²) in [7, 11) is 0. The van der Waals surface area contributed by atoms with E-state index in [4.69, 9.17) is 0 Å². The van der Waals surface area contributed by atoms with Gasteiger partial charge in [0, 0.05) is 22.2 Å². The molecule has 0 saturated carbocycles. The van der Waals surface area contributed by atoms with E-state index in [1.807, 2.05) is 6.07 Å². The van der Waals surface area contributed by atoms with Crippen molar-refractivity contribution < 1.29 is 9.72 Å². The highest BCUT2D eigenvalue weighted by Gasteiger charge is 2.13. The number of nitro benzene ring substituents is 1. The van der Waals surface area contributed by atoms with Gasteiger partial charge in [-0.2, -0.15) is 0 Å². The van der Waals surface area contributed by atoms with Gasteiger partial charge in [-0.1, -0.05) is 33.3 Å². The Hall–Kier alpha value is -2.32. The molecular weight excluding hydrogens is 370 g/mol. The topological polar surface area (TPSA) is 85.1 Å². The van der Waals surface area contributed by atoms with Crippen LogP contribution in [-0.4, -0.2) is 15.8 Å². The summed E-state index contributed by atoms with van der Waals surface area (Å²) < 4.78 is 1.58. The molecule has 0 aliphatic heterocycles. The number of non-ortho nitro benzene ring substituents is 1. The SMILES string of the molecule is O=C(Nc1nc2cc([N+](=O)[O-])ccc2s1)c1cccc(Br)c1. The molecule has 0 aliphatic carbocycles. The quantitative estimate of drug-likeness (QED) is 0.546. The molecule has 1 aromatic heterocycles. The van der Waals surface area contributed by atoms with Crippen LogP contribution in [0.25, 0.3) is 10.2 Å². The number of carbonyl (C=O) groups excluding carboxylic acids is 1. The number of carbonyl (C=O) groups is 1. The van der Waals surface area contributed by atoms with Gasteiger partial charge in [0.25, 0.3) is 11.6 Å². The molecule has 3 aromatic rings. The number of hydrogen-bond donors (Lipinski definition) is 1. The summed E-state index contributed by atoms with van der Waals surface area (Å²) in [6.45, 7) is 0. The molecule has 3 rings (SSSR count). The van der Waals surface area contributed by atoms with E-state index in [2.05, 4.69) is 26.2 Å². The van der Waals surface area contributed by atoms with Gasteiger partial charge in [-0.15, -0.1) is 0 Å². The average molecular weight is 378 g/mol. The Bertz CT molecular complexity index is 894. The largest absolute Gasteiger partial charge is 0.298 e. The predicted octanol–water partition coefficient (Wildman–Crippen LogP) is 4.22. The summed E-state index contributed by atoms with van der Waals surface area (Å²) in [5.74, 6) is -0.283. The molecule has 2 aromatic carbocycles. The third-order valence-electron chi connectivity index (χ3n) is 2.89. The molecule has 0 bridgehead atoms. The number of aromatic nitrogens is 1. The fourth-order valence-corrected chi connectivity index (χ4v) is 3.12. The molecule has 0 fully saturated rings. The van der Waals surface area contributed by atoms with E-state index in [1.165, 1.54) is 23.5 Å². The minimum absolute atomic E-state index is 0.0253. The Labute approximate surface area is 137 Å². The van der Waals surface area contributed by atoms with Crippen LogP contribution in [0.2, 0.25) is 0 Å². The molecule has 6 nitrogen and oxygen atoms in total. The van der Waals surface area contributed by atoms with Crippen molar-refractivity contribution in [2.75, 3.05) is 5.32 Å². The first-order valence-corrected chi connectivity index (χ1v) is 7.76. The van der Waals surface area contributed by atoms with Crippen molar-refractivity contribution >= 4 is 54.2 Å². The number of nitro groups is 1. The van der Waals surface area contributed by atoms with Crippen molar-refractivity contribution in [3.63, 3.8) is 0 Å². The molecule has 1 amide bonds. The maximum Gasteiger partial charge on any atom is 0.271 e. The number of anilines is 1. The number of nitrogens with one attached hydrogen (secondary N) is 1. The molecular formula is C14H8BrN3O3S. The van der Waals surface area contributed by atoms with Crippen molar-refractivity contribution in [1.82, 2.24) is 4.98 Å². The van der Waals surface area contributed by atoms with Gasteiger partial charge in [0.05, 0.1) is 15.1 Å². The van der Waals surface area contributed by atoms with Crippen LogP contribution in [0.4, 0.5) is 10.8 Å². The van der Waals surface area contributed by atoms with Gasteiger partial charge >= 0.3 is 0 Å². The maximum absolute atomic E-state index is 12.1. The molecule has 0 radical (unpaired) electrons. The summed E-state index contributed by atoms with van der Waals surface area (Å²) in [6, 6.07) is 11.4. The second-order valence-corrected chi connectivity index (χ2v) is 6.34. The van der Waals surface area contributed by atoms with Crippen LogP contribution >= 0.6 is 27.3 Å². The summed E-state index contributed by atoms with van der Waals surface area (Å²) >= 11 is 4.58. The molecule has 8 heteroatoms. The second-order valence-electron chi connectivity index (χ2n) is 4.39. The number of rotatable bonds is 3. The zero-order valence-electron chi connectivity index (χ0n) is 10.9. The Morgan fingerprint density at radius 2 is 2.09 bits per heavy atom. The first-order chi connectivity index (χ1) is 10.5. The fourth-order valence-electron chi connectivity index (χ4n) is 1.88. The second kappa shape index (κ2) is 5.82. The fraction of sp³-hybridized carbons (Fsp3) is 0. The lowest BCUT2D eigenvalue weighted by molar-refractivity contribution is -0.384. The van der Waals surface area contributed by atoms with E-state index in [9.17, 15) is 14.9 Å². The van der Waals surface area contributed by atoms with E-state index in [-0.39, 0.29) is 11.6 Å². The molecule has 0 aliphatic rings. The van der Waals surface area contributed by atoms with Crippen LogP contribution in [-0.2, 0) is 0 Å². The van der Waals surface area contributed by atoms with Crippen LogP contribution in [0, 0.1) is 10.1 Å². The smallest absolute Gasteiger partial charge is 0.271 e. The van der Waals surface area contributed by atoms with Crippen LogP contribution in [0.5, 0.6) is 0 Å². The van der Waals surface area contributed by atoms with Gasteiger partial charge in [-0.25, -0.2) is 4.98 Å². The van der Waals surface area contributed by atoms with Crippen LogP contribution in [0.1, 0.15) is 10.4 Å². The average Bonchev–Trinajstić information content (AvgIpc) is 2.88. The van der Waals surface area contributed by atoms with E-state index < -0.39 is 4.92 Å². The number of benzene rings is 2. The standard InChI is InChI=1S/C14H8BrN3O3S/c15-9-3-1-2-8(6-9)13(19)17-14-16-11-7-10(18(20)21)4-5-12(11)22-14/h1-7H,(H,16,17,19). The van der Waals surface area contributed by atoms with E-state index in [0.717, 1.165) is 9.17 Å². The third kappa shape index (κ3) is 2.97. The zero-order chi connectivity index (χ0) is 15.7. The lowest BCUT2D eigenvalue weighted by Crippen LogP contribution is -2.11. The van der Waals surface area contributed by atoms with Gasteiger partial charge < -0.3 is 0 Å². The number of amides is 1. The van der Waals surface area contributed by atoms with Crippen molar-refractivity contribution in [2.45, 2.75) is 0 Å². The minimum atomic E-state index is -0.474. The molecule has 0 unspecified atom stereocenters. The number of nitrogens with zero attached hydrogens (tertiary/aromatic N) is 2. The van der Waals surface area contributed by atoms with Crippen molar-refractivity contribution in [1.29, 1.82) is 0 Å². The number of thiazole rings is 1. The van der Waals surface area contributed by atoms with Gasteiger partial charge in [-0.05, 0) is 24.3 Å². The van der Waals surface area contributed by atoms with Crippen molar-refractivity contribution in [3.05, 3.63) is 62.6 Å². The summed E-state index contributed by atoms with van der Waals surface area (Å²) in [4.78, 5) is 26.6. The van der Waals surface area contributed by atoms with Gasteiger partial charge in [0.1, 0.15) is 0 Å². The van der Waals surface area contributed by atoms with E-state index in [1.54, 1.807) is 24.3 Å². The maximum atomic E-state index is 12.1. The lowest BCUT2D eigenvalue weighted by atomic mass is 10.2. The number of hydrogen-bond acceptors (Lipinski definition) is 5. The Balaban J connectivity index is 1.87. The first kappa shape index (κ1) is 14.6. The van der Waals surface area contributed by atoms with Crippen LogP contribution in [0.15, 0.2) is 46.9 Å². The molecule has 110 valence electrons. The van der Waals surface area contributed by atoms with Gasteiger partial charge in [0.2, 0.25) is 0 Å². The molecule has 0 atom stereocenters. The first-order valence-electron chi connectivity index (χ1n) is 6.15. The summed E-state index contributed by atoms with van der Waals surface area (Å²) in [6.07, 6.45) is 0.